The molecule has 3 fully saturated rings. The standard InChI is InChI=1S/C32H29FN4O4/c33-25-16-21(37-31(39)32(11-12-32)30(38)36-20-4-2-1-3-5-20)6-9-29(25)41-28-10-13-34-27-17-23(7-8-24(27)28)40-18-22-14-19-15-26(19)35-22/h1-10,13,16-17,19,22,26,35H,11-12,14-15,18H2,(H,36,38)(H,37,39). The molecule has 3 N–H and O–H groups in total. The normalized spacial score (nSPS) is 21.5. The molecule has 1 aliphatic heterocycles. The van der Waals surface area contributed by atoms with Crippen molar-refractivity contribution in [3.8, 4) is 17.2 Å². The topological polar surface area (TPSA) is 102 Å². The molecule has 9 heteroatoms. The molecule has 2 heterocycles. The zero-order valence-corrected chi connectivity index (χ0v) is 22.2. The summed E-state index contributed by atoms with van der Waals surface area (Å²) in [6, 6.07) is 21.5. The largest absolute Gasteiger partial charge is 0.492 e. The fourth-order valence-corrected chi connectivity index (χ4v) is 5.53. The van der Waals surface area contributed by atoms with E-state index in [0.717, 1.165) is 23.5 Å². The number of fused-ring (bicyclic) bond motifs is 2. The number of carbonyl (C=O) groups is 2. The molecule has 3 unspecified atom stereocenters. The van der Waals surface area contributed by atoms with E-state index in [9.17, 15) is 9.59 Å². The van der Waals surface area contributed by atoms with Gasteiger partial charge in [0.1, 0.15) is 23.5 Å². The number of nitrogens with one attached hydrogen (secondary N) is 3. The molecule has 0 spiro atoms. The Morgan fingerprint density at radius 1 is 0.927 bits per heavy atom. The smallest absolute Gasteiger partial charge is 0.240 e. The Hall–Kier alpha value is -4.50. The minimum atomic E-state index is -1.16. The van der Waals surface area contributed by atoms with Gasteiger partial charge < -0.3 is 25.4 Å². The molecule has 3 aliphatic rings. The first kappa shape index (κ1) is 25.5. The van der Waals surface area contributed by atoms with Crippen LogP contribution < -0.4 is 25.4 Å². The van der Waals surface area contributed by atoms with Gasteiger partial charge in [-0.25, -0.2) is 4.39 Å². The zero-order valence-electron chi connectivity index (χ0n) is 22.2. The van der Waals surface area contributed by atoms with Gasteiger partial charge in [0.15, 0.2) is 11.6 Å². The van der Waals surface area contributed by atoms with Gasteiger partial charge in [0.05, 0.1) is 5.52 Å². The average Bonchev–Trinajstić information content (AvgIpc) is 3.91. The van der Waals surface area contributed by atoms with Crippen molar-refractivity contribution in [3.63, 3.8) is 0 Å². The number of carbonyl (C=O) groups excluding carboxylic acids is 2. The number of halogens is 1. The predicted molar refractivity (Wildman–Crippen MR) is 153 cm³/mol. The summed E-state index contributed by atoms with van der Waals surface area (Å²) in [7, 11) is 0. The summed E-state index contributed by atoms with van der Waals surface area (Å²) in [5, 5.41) is 9.78. The molecule has 4 aromatic rings. The number of hydrogen-bond acceptors (Lipinski definition) is 6. The molecular formula is C32H29FN4O4. The number of nitrogens with zero attached hydrogens (tertiary/aromatic N) is 1. The Labute approximate surface area is 236 Å². The number of benzene rings is 3. The molecule has 3 atom stereocenters. The van der Waals surface area contributed by atoms with Crippen molar-refractivity contribution in [1.29, 1.82) is 0 Å². The van der Waals surface area contributed by atoms with Gasteiger partial charge in [0.2, 0.25) is 11.8 Å². The van der Waals surface area contributed by atoms with E-state index in [4.69, 9.17) is 9.47 Å². The van der Waals surface area contributed by atoms with E-state index in [2.05, 4.69) is 20.9 Å². The minimum absolute atomic E-state index is 0.00431. The highest BCUT2D eigenvalue weighted by molar-refractivity contribution is 6.16. The summed E-state index contributed by atoms with van der Waals surface area (Å²) in [5.41, 5.74) is 0.381. The molecule has 0 radical (unpaired) electrons. The third-order valence-electron chi connectivity index (χ3n) is 8.15. The molecule has 8 nitrogen and oxygen atoms in total. The van der Waals surface area contributed by atoms with Crippen LogP contribution in [-0.4, -0.2) is 35.5 Å². The van der Waals surface area contributed by atoms with Crippen molar-refractivity contribution in [3.05, 3.63) is 84.8 Å². The molecule has 3 aromatic carbocycles. The molecule has 7 rings (SSSR count). The monoisotopic (exact) mass is 552 g/mol. The lowest BCUT2D eigenvalue weighted by Gasteiger charge is -2.16. The van der Waals surface area contributed by atoms with Gasteiger partial charge in [-0.05, 0) is 74.1 Å². The van der Waals surface area contributed by atoms with Gasteiger partial charge in [0.25, 0.3) is 0 Å². The van der Waals surface area contributed by atoms with Crippen molar-refractivity contribution in [2.24, 2.45) is 11.3 Å². The molecule has 2 amide bonds. The minimum Gasteiger partial charge on any atom is -0.492 e. The summed E-state index contributed by atoms with van der Waals surface area (Å²) in [6.07, 6.45) is 4.91. The van der Waals surface area contributed by atoms with E-state index < -0.39 is 17.1 Å². The number of hydrogen-bond donors (Lipinski definition) is 3. The number of para-hydroxylation sites is 1. The number of ether oxygens (including phenoxy) is 2. The quantitative estimate of drug-likeness (QED) is 0.232. The number of rotatable bonds is 9. The molecule has 2 aliphatic carbocycles. The predicted octanol–water partition coefficient (Wildman–Crippen LogP) is 5.65. The van der Waals surface area contributed by atoms with Crippen LogP contribution in [0, 0.1) is 17.2 Å². The summed E-state index contributed by atoms with van der Waals surface area (Å²) in [5.74, 6) is 0.515. The molecular weight excluding hydrogens is 523 g/mol. The highest BCUT2D eigenvalue weighted by Gasteiger charge is 2.56. The van der Waals surface area contributed by atoms with E-state index in [0.29, 0.717) is 48.5 Å². The van der Waals surface area contributed by atoms with Crippen molar-refractivity contribution in [1.82, 2.24) is 10.3 Å². The second kappa shape index (κ2) is 10.2. The van der Waals surface area contributed by atoms with Crippen molar-refractivity contribution in [2.75, 3.05) is 17.2 Å². The Kier molecular flexibility index (Phi) is 6.31. The lowest BCUT2D eigenvalue weighted by molar-refractivity contribution is -0.131. The second-order valence-corrected chi connectivity index (χ2v) is 11.1. The Morgan fingerprint density at radius 2 is 1.73 bits per heavy atom. The summed E-state index contributed by atoms with van der Waals surface area (Å²) in [6.45, 7) is 0.613. The third kappa shape index (κ3) is 5.20. The highest BCUT2D eigenvalue weighted by Crippen LogP contribution is 2.47. The maximum Gasteiger partial charge on any atom is 0.240 e. The van der Waals surface area contributed by atoms with Crippen LogP contribution in [0.1, 0.15) is 25.7 Å². The number of aromatic nitrogens is 1. The van der Waals surface area contributed by atoms with Crippen LogP contribution in [0.3, 0.4) is 0 Å². The Bertz CT molecular complexity index is 1630. The fraction of sp³-hybridized carbons (Fsp3) is 0.281. The molecule has 0 bridgehead atoms. The third-order valence-corrected chi connectivity index (χ3v) is 8.15. The molecule has 2 saturated carbocycles. The summed E-state index contributed by atoms with van der Waals surface area (Å²) >= 11 is 0. The van der Waals surface area contributed by atoms with Gasteiger partial charge in [-0.1, -0.05) is 18.2 Å². The van der Waals surface area contributed by atoms with E-state index in [-0.39, 0.29) is 17.3 Å². The molecule has 1 aromatic heterocycles. The van der Waals surface area contributed by atoms with E-state index in [1.165, 1.54) is 18.6 Å². The summed E-state index contributed by atoms with van der Waals surface area (Å²) < 4.78 is 27.0. The van der Waals surface area contributed by atoms with E-state index >= 15 is 4.39 Å². The van der Waals surface area contributed by atoms with Crippen LogP contribution in [0.25, 0.3) is 10.9 Å². The molecule has 41 heavy (non-hydrogen) atoms. The van der Waals surface area contributed by atoms with Crippen LogP contribution >= 0.6 is 0 Å². The van der Waals surface area contributed by atoms with Gasteiger partial charge in [0, 0.05) is 47.2 Å². The lowest BCUT2D eigenvalue weighted by Crippen LogP contribution is -2.35. The van der Waals surface area contributed by atoms with Gasteiger partial charge in [-0.2, -0.15) is 0 Å². The fourth-order valence-electron chi connectivity index (χ4n) is 5.53. The van der Waals surface area contributed by atoms with Crippen LogP contribution in [0.15, 0.2) is 79.0 Å². The van der Waals surface area contributed by atoms with E-state index in [1.54, 1.807) is 42.6 Å². The number of anilines is 2. The number of piperidine rings is 1. The van der Waals surface area contributed by atoms with Crippen molar-refractivity contribution < 1.29 is 23.5 Å². The first-order chi connectivity index (χ1) is 20.0. The Balaban J connectivity index is 1.00. The van der Waals surface area contributed by atoms with Gasteiger partial charge >= 0.3 is 0 Å². The van der Waals surface area contributed by atoms with Crippen LogP contribution in [0.2, 0.25) is 0 Å². The Morgan fingerprint density at radius 3 is 2.46 bits per heavy atom. The van der Waals surface area contributed by atoms with Crippen LogP contribution in [-0.2, 0) is 9.59 Å². The molecule has 208 valence electrons. The zero-order chi connectivity index (χ0) is 28.0. The second-order valence-electron chi connectivity index (χ2n) is 11.1. The first-order valence-electron chi connectivity index (χ1n) is 13.9. The van der Waals surface area contributed by atoms with Gasteiger partial charge in [-0.3, -0.25) is 14.6 Å². The summed E-state index contributed by atoms with van der Waals surface area (Å²) in [4.78, 5) is 30.2. The highest BCUT2D eigenvalue weighted by atomic mass is 19.1. The molecule has 1 saturated heterocycles. The number of pyridine rings is 1. The SMILES string of the molecule is O=C(Nc1ccccc1)C1(C(=O)Nc2ccc(Oc3ccnc4cc(OCC5CC6CC6N5)ccc34)c(F)c2)CC1. The van der Waals surface area contributed by atoms with Crippen LogP contribution in [0.5, 0.6) is 17.2 Å². The van der Waals surface area contributed by atoms with Crippen molar-refractivity contribution in [2.45, 2.75) is 37.8 Å². The number of amides is 2. The maximum atomic E-state index is 15.1. The lowest BCUT2D eigenvalue weighted by atomic mass is 10.0. The van der Waals surface area contributed by atoms with Crippen LogP contribution in [0.4, 0.5) is 15.8 Å². The average molecular weight is 553 g/mol. The van der Waals surface area contributed by atoms with Gasteiger partial charge in [-0.15, -0.1) is 0 Å². The van der Waals surface area contributed by atoms with E-state index in [1.807, 2.05) is 24.3 Å². The first-order valence-corrected chi connectivity index (χ1v) is 13.9. The maximum absolute atomic E-state index is 15.1. The van der Waals surface area contributed by atoms with Crippen molar-refractivity contribution >= 4 is 34.1 Å².